The highest BCUT2D eigenvalue weighted by molar-refractivity contribution is 7.13. The predicted molar refractivity (Wildman–Crippen MR) is 164 cm³/mol. The maximum absolute atomic E-state index is 4.72. The lowest BCUT2D eigenvalue weighted by molar-refractivity contribution is 0.374. The van der Waals surface area contributed by atoms with Gasteiger partial charge in [0.05, 0.1) is 11.0 Å². The summed E-state index contributed by atoms with van der Waals surface area (Å²) in [5.41, 5.74) is 7.56. The number of hydrogen-bond donors (Lipinski definition) is 3. The summed E-state index contributed by atoms with van der Waals surface area (Å²) in [6, 6.07) is 12.9. The zero-order chi connectivity index (χ0) is 26.5. The molecule has 1 aromatic carbocycles. The molecule has 194 valence electrons. The molecular formula is C33H36N4S. The van der Waals surface area contributed by atoms with Gasteiger partial charge in [0, 0.05) is 26.6 Å². The summed E-state index contributed by atoms with van der Waals surface area (Å²) in [6.07, 6.45) is 14.1. The molecule has 3 aromatic heterocycles. The van der Waals surface area contributed by atoms with E-state index in [-0.39, 0.29) is 0 Å². The van der Waals surface area contributed by atoms with Crippen molar-refractivity contribution in [2.75, 3.05) is 13.1 Å². The van der Waals surface area contributed by atoms with Gasteiger partial charge in [-0.2, -0.15) is 5.10 Å². The molecule has 5 heteroatoms. The fraction of sp³-hybridized carbons (Fsp3) is 0.242. The number of nitrogens with one attached hydrogen (secondary N) is 3. The second kappa shape index (κ2) is 11.8. The molecule has 0 radical (unpaired) electrons. The molecule has 5 rings (SSSR count). The number of aromatic nitrogens is 3. The fourth-order valence-electron chi connectivity index (χ4n) is 5.30. The smallest absolute Gasteiger partial charge is 0.116 e. The van der Waals surface area contributed by atoms with E-state index in [1.165, 1.54) is 34.2 Å². The zero-order valence-corrected chi connectivity index (χ0v) is 23.1. The molecule has 4 nitrogen and oxygen atoms in total. The van der Waals surface area contributed by atoms with E-state index < -0.39 is 0 Å². The van der Waals surface area contributed by atoms with Crippen LogP contribution in [0, 0.1) is 5.92 Å². The van der Waals surface area contributed by atoms with Crippen molar-refractivity contribution in [2.24, 2.45) is 5.92 Å². The lowest BCUT2D eigenvalue weighted by Gasteiger charge is -2.23. The SMILES string of the molecule is C=C/C(=C\C(=C/C)C(=C)/C=c1/c(-c2cc3c(-c4cccs4)cccc3[nH]2)n[nH]/c1=C/C)CC1CCNCC1. The van der Waals surface area contributed by atoms with Gasteiger partial charge in [-0.3, -0.25) is 5.10 Å². The van der Waals surface area contributed by atoms with Crippen LogP contribution in [-0.2, 0) is 0 Å². The number of aromatic amines is 2. The lowest BCUT2D eigenvalue weighted by atomic mass is 9.89. The number of fused-ring (bicyclic) bond motifs is 1. The van der Waals surface area contributed by atoms with Gasteiger partial charge in [-0.05, 0) is 98.5 Å². The van der Waals surface area contributed by atoms with E-state index in [9.17, 15) is 0 Å². The van der Waals surface area contributed by atoms with Crippen LogP contribution >= 0.6 is 11.3 Å². The van der Waals surface area contributed by atoms with Gasteiger partial charge in [0.15, 0.2) is 0 Å². The molecule has 0 unspecified atom stereocenters. The van der Waals surface area contributed by atoms with Crippen molar-refractivity contribution < 1.29 is 0 Å². The average Bonchev–Trinajstić information content (AvgIpc) is 3.71. The number of nitrogens with zero attached hydrogens (tertiary/aromatic N) is 1. The maximum Gasteiger partial charge on any atom is 0.116 e. The minimum Gasteiger partial charge on any atom is -0.353 e. The van der Waals surface area contributed by atoms with E-state index in [1.54, 1.807) is 11.3 Å². The van der Waals surface area contributed by atoms with Gasteiger partial charge < -0.3 is 10.3 Å². The summed E-state index contributed by atoms with van der Waals surface area (Å²) < 4.78 is 0. The monoisotopic (exact) mass is 520 g/mol. The number of piperidine rings is 1. The van der Waals surface area contributed by atoms with E-state index in [0.717, 1.165) is 58.1 Å². The summed E-state index contributed by atoms with van der Waals surface area (Å²) in [5, 5.41) is 16.7. The van der Waals surface area contributed by atoms with Crippen molar-refractivity contribution in [1.29, 1.82) is 0 Å². The predicted octanol–water partition coefficient (Wildman–Crippen LogP) is 6.87. The molecule has 0 saturated carbocycles. The van der Waals surface area contributed by atoms with Crippen LogP contribution in [0.3, 0.4) is 0 Å². The molecule has 1 aliphatic heterocycles. The van der Waals surface area contributed by atoms with Gasteiger partial charge in [-0.25, -0.2) is 0 Å². The molecule has 0 bridgehead atoms. The third kappa shape index (κ3) is 5.45. The summed E-state index contributed by atoms with van der Waals surface area (Å²) in [6.45, 7) is 14.9. The number of benzene rings is 1. The van der Waals surface area contributed by atoms with E-state index in [0.29, 0.717) is 5.92 Å². The number of H-pyrrole nitrogens is 2. The van der Waals surface area contributed by atoms with Crippen molar-refractivity contribution >= 4 is 34.4 Å². The van der Waals surface area contributed by atoms with Gasteiger partial charge >= 0.3 is 0 Å². The van der Waals surface area contributed by atoms with E-state index in [4.69, 9.17) is 5.10 Å². The molecule has 1 fully saturated rings. The first-order valence-electron chi connectivity index (χ1n) is 13.4. The Morgan fingerprint density at radius 2 is 2.00 bits per heavy atom. The minimum absolute atomic E-state index is 0.707. The van der Waals surface area contributed by atoms with Crippen LogP contribution in [0.15, 0.2) is 89.9 Å². The Labute approximate surface area is 228 Å². The second-order valence-electron chi connectivity index (χ2n) is 9.85. The number of allylic oxidation sites excluding steroid dienone is 6. The van der Waals surface area contributed by atoms with Crippen molar-refractivity contribution in [3.8, 4) is 21.8 Å². The van der Waals surface area contributed by atoms with Gasteiger partial charge in [0.25, 0.3) is 0 Å². The summed E-state index contributed by atoms with van der Waals surface area (Å²) in [4.78, 5) is 4.87. The summed E-state index contributed by atoms with van der Waals surface area (Å²) in [7, 11) is 0. The highest BCUT2D eigenvalue weighted by Gasteiger charge is 2.15. The first kappa shape index (κ1) is 26.0. The molecular weight excluding hydrogens is 484 g/mol. The molecule has 4 aromatic rings. The molecule has 0 amide bonds. The third-order valence-corrected chi connectivity index (χ3v) is 8.32. The summed E-state index contributed by atoms with van der Waals surface area (Å²) >= 11 is 1.76. The number of thiophene rings is 1. The minimum atomic E-state index is 0.707. The standard InChI is InChI=1S/C33H36N4S/c1-5-23(19-24-13-15-34-16-14-24)20-25(6-2)22(4)18-28-29(7-3)36-37-33(28)31-21-27-26(32-12-9-17-38-32)10-8-11-30(27)35-31/h5-12,17-18,20-21,24,34-36H,1,4,13-16,19H2,2-3H3/b23-20+,25-6+,28-18+,29-7+. The van der Waals surface area contributed by atoms with Crippen molar-refractivity contribution in [1.82, 2.24) is 20.5 Å². The Morgan fingerprint density at radius 3 is 2.71 bits per heavy atom. The summed E-state index contributed by atoms with van der Waals surface area (Å²) in [5.74, 6) is 0.707. The molecule has 1 aliphatic rings. The molecule has 3 N–H and O–H groups in total. The highest BCUT2D eigenvalue weighted by Crippen LogP contribution is 2.33. The zero-order valence-electron chi connectivity index (χ0n) is 22.3. The number of hydrogen-bond acceptors (Lipinski definition) is 3. The van der Waals surface area contributed by atoms with E-state index in [2.05, 4.69) is 102 Å². The quantitative estimate of drug-likeness (QED) is 0.222. The molecule has 0 atom stereocenters. The van der Waals surface area contributed by atoms with Crippen molar-refractivity contribution in [3.05, 3.63) is 100 Å². The van der Waals surface area contributed by atoms with Crippen LogP contribution in [-0.4, -0.2) is 28.3 Å². The van der Waals surface area contributed by atoms with E-state index >= 15 is 0 Å². The Balaban J connectivity index is 1.51. The fourth-order valence-corrected chi connectivity index (χ4v) is 6.07. The van der Waals surface area contributed by atoms with Crippen molar-refractivity contribution in [3.63, 3.8) is 0 Å². The lowest BCUT2D eigenvalue weighted by Crippen LogP contribution is -2.27. The molecule has 1 saturated heterocycles. The average molecular weight is 521 g/mol. The van der Waals surface area contributed by atoms with Gasteiger partial charge in [0.2, 0.25) is 0 Å². The van der Waals surface area contributed by atoms with Crippen LogP contribution in [0.2, 0.25) is 0 Å². The first-order chi connectivity index (χ1) is 18.6. The van der Waals surface area contributed by atoms with Crippen LogP contribution < -0.4 is 15.9 Å². The molecule has 0 spiro atoms. The Kier molecular flexibility index (Phi) is 8.06. The van der Waals surface area contributed by atoms with Gasteiger partial charge in [-0.1, -0.05) is 55.7 Å². The van der Waals surface area contributed by atoms with Crippen LogP contribution in [0.4, 0.5) is 0 Å². The highest BCUT2D eigenvalue weighted by atomic mass is 32.1. The Bertz CT molecular complexity index is 1620. The molecule has 0 aliphatic carbocycles. The van der Waals surface area contributed by atoms with Crippen molar-refractivity contribution in [2.45, 2.75) is 33.1 Å². The molecule has 4 heterocycles. The Hall–Kier alpha value is -3.67. The Morgan fingerprint density at radius 1 is 1.16 bits per heavy atom. The normalized spacial score (nSPS) is 16.5. The van der Waals surface area contributed by atoms with Crippen LogP contribution in [0.1, 0.15) is 33.1 Å². The topological polar surface area (TPSA) is 56.5 Å². The largest absolute Gasteiger partial charge is 0.353 e. The second-order valence-corrected chi connectivity index (χ2v) is 10.8. The van der Waals surface area contributed by atoms with Gasteiger partial charge in [-0.15, -0.1) is 11.3 Å². The van der Waals surface area contributed by atoms with E-state index in [1.807, 2.05) is 13.0 Å². The van der Waals surface area contributed by atoms with Gasteiger partial charge in [0.1, 0.15) is 5.69 Å². The third-order valence-electron chi connectivity index (χ3n) is 7.41. The molecule has 38 heavy (non-hydrogen) atoms. The first-order valence-corrected chi connectivity index (χ1v) is 14.3. The van der Waals surface area contributed by atoms with Crippen LogP contribution in [0.5, 0.6) is 0 Å². The number of rotatable bonds is 8. The maximum atomic E-state index is 4.72. The van der Waals surface area contributed by atoms with Crippen LogP contribution in [0.25, 0.3) is 44.9 Å².